The first-order valence-corrected chi connectivity index (χ1v) is 11.6. The van der Waals surface area contributed by atoms with E-state index in [0.717, 1.165) is 31.9 Å². The van der Waals surface area contributed by atoms with Gasteiger partial charge in [-0.2, -0.15) is 9.89 Å². The first kappa shape index (κ1) is 20.0. The van der Waals surface area contributed by atoms with Crippen LogP contribution in [0.1, 0.15) is 58.5 Å². The van der Waals surface area contributed by atoms with Gasteiger partial charge in [-0.05, 0) is 53.9 Å². The summed E-state index contributed by atoms with van der Waals surface area (Å²) in [6.07, 6.45) is 4.52. The summed E-state index contributed by atoms with van der Waals surface area (Å²) in [5, 5.41) is 17.2. The third-order valence-electron chi connectivity index (χ3n) is 7.34. The number of carbonyl (C=O) groups is 1. The van der Waals surface area contributed by atoms with Crippen LogP contribution in [0.25, 0.3) is 0 Å². The Bertz CT molecular complexity index is 1270. The molecule has 1 amide bonds. The molecule has 0 spiro atoms. The van der Waals surface area contributed by atoms with Crippen molar-refractivity contribution in [3.63, 3.8) is 0 Å². The molecule has 2 aromatic carbocycles. The maximum atomic E-state index is 13.5. The Morgan fingerprint density at radius 1 is 0.939 bits per heavy atom. The van der Waals surface area contributed by atoms with Gasteiger partial charge in [0, 0.05) is 6.54 Å². The highest BCUT2D eigenvalue weighted by atomic mass is 16.3. The first-order chi connectivity index (χ1) is 16.0. The number of aryl methyl sites for hydroxylation is 2. The molecular weight excluding hydrogens is 416 g/mol. The van der Waals surface area contributed by atoms with Gasteiger partial charge < -0.3 is 10.0 Å². The molecule has 1 N–H and O–H groups in total. The van der Waals surface area contributed by atoms with Gasteiger partial charge in [0.05, 0.1) is 6.04 Å². The maximum Gasteiger partial charge on any atom is 0.280 e. The Kier molecular flexibility index (Phi) is 4.54. The van der Waals surface area contributed by atoms with Gasteiger partial charge in [-0.15, -0.1) is 0 Å². The molecule has 1 aromatic heterocycles. The predicted molar refractivity (Wildman–Crippen MR) is 124 cm³/mol. The summed E-state index contributed by atoms with van der Waals surface area (Å²) < 4.78 is 0. The molecule has 3 heterocycles. The van der Waals surface area contributed by atoms with E-state index in [0.29, 0.717) is 12.5 Å². The lowest BCUT2D eigenvalue weighted by Gasteiger charge is -2.51. The summed E-state index contributed by atoms with van der Waals surface area (Å²) in [5.41, 5.74) is 4.17. The van der Waals surface area contributed by atoms with Crippen molar-refractivity contribution in [2.75, 3.05) is 11.6 Å². The second kappa shape index (κ2) is 7.47. The highest BCUT2D eigenvalue weighted by Crippen LogP contribution is 2.41. The van der Waals surface area contributed by atoms with Gasteiger partial charge in [-0.3, -0.25) is 14.6 Å². The predicted octanol–water partition coefficient (Wildman–Crippen LogP) is 2.99. The minimum Gasteiger partial charge on any atom is -0.502 e. The quantitative estimate of drug-likeness (QED) is 0.627. The van der Waals surface area contributed by atoms with Crippen LogP contribution in [0.3, 0.4) is 0 Å². The maximum absolute atomic E-state index is 13.5. The zero-order chi connectivity index (χ0) is 22.7. The van der Waals surface area contributed by atoms with Gasteiger partial charge in [0.1, 0.15) is 12.4 Å². The lowest BCUT2D eigenvalue weighted by atomic mass is 9.91. The standard InChI is InChI=1S/C26H26N4O3/c1-16-10-13-22-28(15-16)26(33)24-25(32)21(31)14-27-30(24)29(22)23-19-8-4-2-6-17(19)11-12-18-7-3-5-9-20(18)23/h2-9,14,16,22-23,32H,10-13,15H2,1H3/t16-,22+/m0/s1. The number of rotatable bonds is 1. The average Bonchev–Trinajstić information content (AvgIpc) is 2.99. The van der Waals surface area contributed by atoms with E-state index >= 15 is 0 Å². The highest BCUT2D eigenvalue weighted by Gasteiger charge is 2.46. The zero-order valence-electron chi connectivity index (χ0n) is 18.5. The summed E-state index contributed by atoms with van der Waals surface area (Å²) in [4.78, 5) is 29.1. The van der Waals surface area contributed by atoms with Crippen molar-refractivity contribution in [1.29, 1.82) is 0 Å². The van der Waals surface area contributed by atoms with Crippen molar-refractivity contribution in [3.05, 3.63) is 92.9 Å². The van der Waals surface area contributed by atoms with E-state index in [1.165, 1.54) is 27.0 Å². The summed E-state index contributed by atoms with van der Waals surface area (Å²) >= 11 is 0. The van der Waals surface area contributed by atoms with E-state index in [2.05, 4.69) is 53.4 Å². The van der Waals surface area contributed by atoms with Gasteiger partial charge in [0.25, 0.3) is 5.91 Å². The van der Waals surface area contributed by atoms with Crippen molar-refractivity contribution in [2.45, 2.75) is 44.8 Å². The number of aromatic nitrogens is 2. The molecular formula is C26H26N4O3. The molecule has 0 unspecified atom stereocenters. The molecule has 6 rings (SSSR count). The van der Waals surface area contributed by atoms with Crippen LogP contribution in [0, 0.1) is 5.92 Å². The number of aromatic hydroxyl groups is 1. The number of nitrogens with zero attached hydrogens (tertiary/aromatic N) is 4. The molecule has 1 saturated heterocycles. The Morgan fingerprint density at radius 3 is 2.24 bits per heavy atom. The molecule has 0 saturated carbocycles. The number of benzene rings is 2. The minimum absolute atomic E-state index is 0.0490. The minimum atomic E-state index is -0.639. The molecule has 168 valence electrons. The van der Waals surface area contributed by atoms with Crippen LogP contribution < -0.4 is 10.4 Å². The van der Waals surface area contributed by atoms with Gasteiger partial charge in [-0.1, -0.05) is 55.5 Å². The van der Waals surface area contributed by atoms with E-state index in [-0.39, 0.29) is 23.8 Å². The van der Waals surface area contributed by atoms with Crippen molar-refractivity contribution < 1.29 is 9.90 Å². The normalized spacial score (nSPS) is 22.2. The number of carbonyl (C=O) groups excluding carboxylic acids is 1. The highest BCUT2D eigenvalue weighted by molar-refractivity contribution is 5.96. The van der Waals surface area contributed by atoms with E-state index in [1.807, 2.05) is 17.0 Å². The topological polar surface area (TPSA) is 78.7 Å². The second-order valence-corrected chi connectivity index (χ2v) is 9.40. The zero-order valence-corrected chi connectivity index (χ0v) is 18.5. The monoisotopic (exact) mass is 442 g/mol. The van der Waals surface area contributed by atoms with Crippen LogP contribution in [-0.4, -0.2) is 38.5 Å². The molecule has 7 heteroatoms. The van der Waals surface area contributed by atoms with Gasteiger partial charge in [0.2, 0.25) is 5.43 Å². The fourth-order valence-corrected chi connectivity index (χ4v) is 5.75. The molecule has 33 heavy (non-hydrogen) atoms. The number of hydrogen-bond donors (Lipinski definition) is 1. The fourth-order valence-electron chi connectivity index (χ4n) is 5.75. The third-order valence-corrected chi connectivity index (χ3v) is 7.34. The van der Waals surface area contributed by atoms with Crippen molar-refractivity contribution in [3.8, 4) is 5.75 Å². The van der Waals surface area contributed by atoms with Crippen LogP contribution in [0.4, 0.5) is 0 Å². The van der Waals surface area contributed by atoms with Crippen LogP contribution in [0.15, 0.2) is 59.5 Å². The van der Waals surface area contributed by atoms with E-state index in [9.17, 15) is 14.7 Å². The Morgan fingerprint density at radius 2 is 1.58 bits per heavy atom. The van der Waals surface area contributed by atoms with Gasteiger partial charge >= 0.3 is 0 Å². The van der Waals surface area contributed by atoms with E-state index in [4.69, 9.17) is 0 Å². The fraction of sp³-hybridized carbons (Fsp3) is 0.346. The number of hydrogen-bond acceptors (Lipinski definition) is 5. The third kappa shape index (κ3) is 2.98. The van der Waals surface area contributed by atoms with Crippen molar-refractivity contribution in [1.82, 2.24) is 14.8 Å². The summed E-state index contributed by atoms with van der Waals surface area (Å²) in [6.45, 7) is 2.72. The lowest BCUT2D eigenvalue weighted by Crippen LogP contribution is -2.65. The molecule has 2 atom stereocenters. The molecule has 1 fully saturated rings. The van der Waals surface area contributed by atoms with Crippen LogP contribution in [0.5, 0.6) is 5.75 Å². The van der Waals surface area contributed by atoms with Crippen LogP contribution >= 0.6 is 0 Å². The summed E-state index contributed by atoms with van der Waals surface area (Å²) in [5.74, 6) is -0.523. The van der Waals surface area contributed by atoms with E-state index < -0.39 is 11.2 Å². The first-order valence-electron chi connectivity index (χ1n) is 11.6. The van der Waals surface area contributed by atoms with E-state index in [1.54, 1.807) is 0 Å². The SMILES string of the molecule is C[C@H]1CC[C@@H]2N(C1)C(=O)c1c(O)c(=O)cnn1N2C1c2ccccc2CCc2ccccc21. The smallest absolute Gasteiger partial charge is 0.280 e. The average molecular weight is 443 g/mol. The Balaban J connectivity index is 1.65. The Hall–Kier alpha value is -3.61. The lowest BCUT2D eigenvalue weighted by molar-refractivity contribution is 0.0358. The summed E-state index contributed by atoms with van der Waals surface area (Å²) in [6, 6.07) is 16.7. The molecule has 0 radical (unpaired) electrons. The molecule has 3 aliphatic rings. The number of amides is 1. The Labute approximate surface area is 191 Å². The second-order valence-electron chi connectivity index (χ2n) is 9.40. The molecule has 2 aliphatic heterocycles. The number of piperidine rings is 1. The number of fused-ring (bicyclic) bond motifs is 4. The van der Waals surface area contributed by atoms with Crippen LogP contribution in [0.2, 0.25) is 0 Å². The van der Waals surface area contributed by atoms with Crippen molar-refractivity contribution in [2.24, 2.45) is 5.92 Å². The molecule has 3 aromatic rings. The van der Waals surface area contributed by atoms with Gasteiger partial charge in [0.15, 0.2) is 11.4 Å². The van der Waals surface area contributed by atoms with Gasteiger partial charge in [-0.25, -0.2) is 0 Å². The molecule has 1 aliphatic carbocycles. The summed E-state index contributed by atoms with van der Waals surface area (Å²) in [7, 11) is 0. The molecule has 0 bridgehead atoms. The van der Waals surface area contributed by atoms with Crippen LogP contribution in [-0.2, 0) is 12.8 Å². The largest absolute Gasteiger partial charge is 0.502 e. The van der Waals surface area contributed by atoms with Crippen molar-refractivity contribution >= 4 is 5.91 Å². The molecule has 7 nitrogen and oxygen atoms in total.